The minimum Gasteiger partial charge on any atom is -0.389 e. The largest absolute Gasteiger partial charge is 0.389 e. The fourth-order valence-corrected chi connectivity index (χ4v) is 4.00. The highest BCUT2D eigenvalue weighted by molar-refractivity contribution is 5.77. The van der Waals surface area contributed by atoms with Gasteiger partial charge in [0.15, 0.2) is 0 Å². The van der Waals surface area contributed by atoms with E-state index < -0.39 is 5.60 Å². The Balaban J connectivity index is 1.63. The van der Waals surface area contributed by atoms with Gasteiger partial charge in [-0.05, 0) is 37.2 Å². The summed E-state index contributed by atoms with van der Waals surface area (Å²) in [6, 6.07) is 10.1. The molecule has 1 saturated heterocycles. The van der Waals surface area contributed by atoms with Gasteiger partial charge in [-0.1, -0.05) is 49.6 Å². The molecule has 2 atom stereocenters. The molecule has 0 spiro atoms. The molecular formula is C20H29NO3. The molecule has 2 aliphatic rings. The number of aliphatic hydroxyl groups is 1. The van der Waals surface area contributed by atoms with Crippen molar-refractivity contribution in [3.05, 3.63) is 35.9 Å². The number of hydrogen-bond acceptors (Lipinski definition) is 3. The Labute approximate surface area is 144 Å². The summed E-state index contributed by atoms with van der Waals surface area (Å²) < 4.78 is 5.48. The molecule has 1 aliphatic carbocycles. The molecule has 0 aromatic heterocycles. The van der Waals surface area contributed by atoms with Gasteiger partial charge in [0.05, 0.1) is 18.1 Å². The number of rotatable bonds is 6. The second-order valence-corrected chi connectivity index (χ2v) is 7.46. The highest BCUT2D eigenvalue weighted by Gasteiger charge is 2.32. The van der Waals surface area contributed by atoms with Crippen molar-refractivity contribution in [2.45, 2.75) is 63.0 Å². The molecule has 24 heavy (non-hydrogen) atoms. The fraction of sp³-hybridized carbons (Fsp3) is 0.650. The van der Waals surface area contributed by atoms with Crippen molar-refractivity contribution in [3.8, 4) is 0 Å². The van der Waals surface area contributed by atoms with Crippen molar-refractivity contribution in [3.63, 3.8) is 0 Å². The standard InChI is InChI=1S/C20H29NO3/c22-19(14-20(23)10-5-2-6-11-20)21-18(13-16-9-12-24-15-16)17-7-3-1-4-8-17/h1,3-4,7-8,16,18,23H,2,5-6,9-15H2,(H,21,22)/t16-,18+/m0/s1. The topological polar surface area (TPSA) is 58.6 Å². The van der Waals surface area contributed by atoms with Crippen LogP contribution in [-0.2, 0) is 9.53 Å². The van der Waals surface area contributed by atoms with Gasteiger partial charge in [-0.2, -0.15) is 0 Å². The van der Waals surface area contributed by atoms with E-state index in [2.05, 4.69) is 17.4 Å². The van der Waals surface area contributed by atoms with E-state index in [1.807, 2.05) is 18.2 Å². The second-order valence-electron chi connectivity index (χ2n) is 7.46. The summed E-state index contributed by atoms with van der Waals surface area (Å²) in [4.78, 5) is 12.6. The van der Waals surface area contributed by atoms with E-state index >= 15 is 0 Å². The minimum absolute atomic E-state index is 0.00223. The summed E-state index contributed by atoms with van der Waals surface area (Å²) in [5, 5.41) is 13.8. The SMILES string of the molecule is O=C(CC1(O)CCCCC1)N[C@H](C[C@@H]1CCOC1)c1ccccc1. The number of ether oxygens (including phenoxy) is 1. The Kier molecular flexibility index (Phi) is 5.90. The summed E-state index contributed by atoms with van der Waals surface area (Å²) >= 11 is 0. The Morgan fingerprint density at radius 3 is 2.67 bits per heavy atom. The first-order chi connectivity index (χ1) is 11.6. The molecule has 2 N–H and O–H groups in total. The van der Waals surface area contributed by atoms with Crippen molar-refractivity contribution in [2.24, 2.45) is 5.92 Å². The van der Waals surface area contributed by atoms with E-state index in [-0.39, 0.29) is 18.4 Å². The van der Waals surface area contributed by atoms with Crippen LogP contribution in [0.15, 0.2) is 30.3 Å². The highest BCUT2D eigenvalue weighted by Crippen LogP contribution is 2.32. The van der Waals surface area contributed by atoms with Gasteiger partial charge in [0.2, 0.25) is 5.91 Å². The van der Waals surface area contributed by atoms with E-state index in [9.17, 15) is 9.90 Å². The lowest BCUT2D eigenvalue weighted by Gasteiger charge is -2.32. The van der Waals surface area contributed by atoms with Gasteiger partial charge in [0.25, 0.3) is 0 Å². The van der Waals surface area contributed by atoms with Crippen molar-refractivity contribution < 1.29 is 14.6 Å². The van der Waals surface area contributed by atoms with Gasteiger partial charge < -0.3 is 15.2 Å². The van der Waals surface area contributed by atoms with E-state index in [0.29, 0.717) is 5.92 Å². The Morgan fingerprint density at radius 1 is 1.25 bits per heavy atom. The average Bonchev–Trinajstić information content (AvgIpc) is 3.08. The summed E-state index contributed by atoms with van der Waals surface area (Å²) in [5.41, 5.74) is 0.327. The first-order valence-electron chi connectivity index (χ1n) is 9.29. The zero-order valence-corrected chi connectivity index (χ0v) is 14.4. The van der Waals surface area contributed by atoms with Crippen molar-refractivity contribution in [1.82, 2.24) is 5.32 Å². The monoisotopic (exact) mass is 331 g/mol. The molecule has 2 fully saturated rings. The predicted octanol–water partition coefficient (Wildman–Crippen LogP) is 3.36. The molecule has 1 aromatic rings. The van der Waals surface area contributed by atoms with Crippen LogP contribution in [0.2, 0.25) is 0 Å². The third-order valence-electron chi connectivity index (χ3n) is 5.40. The number of carbonyl (C=O) groups is 1. The van der Waals surface area contributed by atoms with Crippen LogP contribution in [-0.4, -0.2) is 29.8 Å². The maximum absolute atomic E-state index is 12.6. The summed E-state index contributed by atoms with van der Waals surface area (Å²) in [5.74, 6) is 0.459. The van der Waals surface area contributed by atoms with Gasteiger partial charge in [-0.15, -0.1) is 0 Å². The molecule has 1 aromatic carbocycles. The van der Waals surface area contributed by atoms with Crippen molar-refractivity contribution in [2.75, 3.05) is 13.2 Å². The number of hydrogen-bond donors (Lipinski definition) is 2. The number of nitrogens with one attached hydrogen (secondary N) is 1. The van der Waals surface area contributed by atoms with Gasteiger partial charge in [0.1, 0.15) is 0 Å². The zero-order chi connectivity index (χ0) is 16.8. The highest BCUT2D eigenvalue weighted by atomic mass is 16.5. The van der Waals surface area contributed by atoms with Crippen molar-refractivity contribution >= 4 is 5.91 Å². The quantitative estimate of drug-likeness (QED) is 0.840. The Bertz CT molecular complexity index is 519. The van der Waals surface area contributed by atoms with E-state index in [0.717, 1.165) is 63.7 Å². The van der Waals surface area contributed by atoms with Gasteiger partial charge >= 0.3 is 0 Å². The molecule has 1 heterocycles. The minimum atomic E-state index is -0.806. The van der Waals surface area contributed by atoms with Crippen LogP contribution in [0.25, 0.3) is 0 Å². The molecule has 0 bridgehead atoms. The third kappa shape index (κ3) is 4.81. The number of amides is 1. The zero-order valence-electron chi connectivity index (χ0n) is 14.4. The van der Waals surface area contributed by atoms with E-state index in [4.69, 9.17) is 4.74 Å². The van der Waals surface area contributed by atoms with Crippen LogP contribution in [0.1, 0.15) is 63.0 Å². The van der Waals surface area contributed by atoms with E-state index in [1.165, 1.54) is 0 Å². The molecule has 0 unspecified atom stereocenters. The first-order valence-corrected chi connectivity index (χ1v) is 9.29. The predicted molar refractivity (Wildman–Crippen MR) is 93.5 cm³/mol. The summed E-state index contributed by atoms with van der Waals surface area (Å²) in [7, 11) is 0. The molecule has 1 saturated carbocycles. The van der Waals surface area contributed by atoms with Crippen LogP contribution < -0.4 is 5.32 Å². The molecule has 132 valence electrons. The lowest BCUT2D eigenvalue weighted by Crippen LogP contribution is -2.40. The molecule has 1 amide bonds. The molecule has 4 heteroatoms. The maximum atomic E-state index is 12.6. The first kappa shape index (κ1) is 17.4. The van der Waals surface area contributed by atoms with Gasteiger partial charge in [0, 0.05) is 13.2 Å². The average molecular weight is 331 g/mol. The van der Waals surface area contributed by atoms with E-state index in [1.54, 1.807) is 0 Å². The van der Waals surface area contributed by atoms with Gasteiger partial charge in [-0.25, -0.2) is 0 Å². The lowest BCUT2D eigenvalue weighted by molar-refractivity contribution is -0.128. The third-order valence-corrected chi connectivity index (χ3v) is 5.40. The Morgan fingerprint density at radius 2 is 2.00 bits per heavy atom. The smallest absolute Gasteiger partial charge is 0.223 e. The summed E-state index contributed by atoms with van der Waals surface area (Å²) in [6.45, 7) is 1.60. The van der Waals surface area contributed by atoms with Crippen LogP contribution in [0.5, 0.6) is 0 Å². The molecule has 4 nitrogen and oxygen atoms in total. The molecule has 3 rings (SSSR count). The Hall–Kier alpha value is -1.39. The fourth-order valence-electron chi connectivity index (χ4n) is 4.00. The molecule has 1 aliphatic heterocycles. The molecule has 0 radical (unpaired) electrons. The lowest BCUT2D eigenvalue weighted by atomic mass is 9.82. The maximum Gasteiger partial charge on any atom is 0.223 e. The van der Waals surface area contributed by atoms with Crippen LogP contribution >= 0.6 is 0 Å². The van der Waals surface area contributed by atoms with Crippen molar-refractivity contribution in [1.29, 1.82) is 0 Å². The van der Waals surface area contributed by atoms with Gasteiger partial charge in [-0.3, -0.25) is 4.79 Å². The van der Waals surface area contributed by atoms with Crippen LogP contribution in [0, 0.1) is 5.92 Å². The van der Waals surface area contributed by atoms with Crippen LogP contribution in [0.4, 0.5) is 0 Å². The molecular weight excluding hydrogens is 302 g/mol. The summed E-state index contributed by atoms with van der Waals surface area (Å²) in [6.07, 6.45) is 6.86. The number of carbonyl (C=O) groups excluding carboxylic acids is 1. The second kappa shape index (κ2) is 8.13. The number of benzene rings is 1. The van der Waals surface area contributed by atoms with Crippen LogP contribution in [0.3, 0.4) is 0 Å². The normalized spacial score (nSPS) is 24.5.